The van der Waals surface area contributed by atoms with E-state index in [0.717, 1.165) is 6.07 Å². The lowest BCUT2D eigenvalue weighted by Gasteiger charge is -2.05. The van der Waals surface area contributed by atoms with Gasteiger partial charge in [-0.25, -0.2) is 4.39 Å². The maximum Gasteiger partial charge on any atom is 0.534 e. The highest BCUT2D eigenvalue weighted by atomic mass is 35.5. The molecule has 2 rings (SSSR count). The molecule has 114 valence electrons. The van der Waals surface area contributed by atoms with Crippen LogP contribution in [0.15, 0.2) is 28.9 Å². The van der Waals surface area contributed by atoms with Crippen molar-refractivity contribution in [2.75, 3.05) is 0 Å². The van der Waals surface area contributed by atoms with Gasteiger partial charge in [0.15, 0.2) is 6.26 Å². The first kappa shape index (κ1) is 15.6. The molecule has 0 fully saturated rings. The Kier molecular flexibility index (Phi) is 3.85. The van der Waals surface area contributed by atoms with Gasteiger partial charge in [0.1, 0.15) is 5.82 Å². The molecule has 1 heterocycles. The number of hydrogen-bond acceptors (Lipinski definition) is 5. The summed E-state index contributed by atoms with van der Waals surface area (Å²) in [6.45, 7) is 0. The molecule has 1 aromatic heterocycles. The molecule has 0 N–H and O–H groups in total. The van der Waals surface area contributed by atoms with Gasteiger partial charge >= 0.3 is 15.6 Å². The monoisotopic (exact) mass is 345 g/mol. The van der Waals surface area contributed by atoms with E-state index in [2.05, 4.69) is 9.17 Å². The number of nitrogens with zero attached hydrogens (tertiary/aromatic N) is 1. The molecule has 5 nitrogen and oxygen atoms in total. The summed E-state index contributed by atoms with van der Waals surface area (Å²) in [7, 11) is -5.85. The molecule has 0 amide bonds. The van der Waals surface area contributed by atoms with Gasteiger partial charge in [-0.15, -0.1) is 0 Å². The molecule has 0 atom stereocenters. The van der Waals surface area contributed by atoms with Crippen LogP contribution >= 0.6 is 11.6 Å². The third-order valence-electron chi connectivity index (χ3n) is 2.13. The van der Waals surface area contributed by atoms with Gasteiger partial charge in [0.25, 0.3) is 5.88 Å². The maximum absolute atomic E-state index is 13.2. The van der Waals surface area contributed by atoms with Gasteiger partial charge in [-0.2, -0.15) is 26.6 Å². The van der Waals surface area contributed by atoms with Gasteiger partial charge in [0.2, 0.25) is 5.89 Å². The first-order valence-corrected chi connectivity index (χ1v) is 6.80. The molecule has 0 radical (unpaired) electrons. The van der Waals surface area contributed by atoms with Gasteiger partial charge < -0.3 is 8.60 Å². The Balaban J connectivity index is 2.28. The molecule has 11 heteroatoms. The van der Waals surface area contributed by atoms with Crippen molar-refractivity contribution in [3.8, 4) is 17.3 Å². The van der Waals surface area contributed by atoms with E-state index >= 15 is 0 Å². The summed E-state index contributed by atoms with van der Waals surface area (Å²) >= 11 is 5.46. The molecule has 0 aliphatic rings. The zero-order valence-corrected chi connectivity index (χ0v) is 11.3. The molecule has 0 saturated carbocycles. The Morgan fingerprint density at radius 2 is 1.95 bits per heavy atom. The van der Waals surface area contributed by atoms with Gasteiger partial charge in [-0.3, -0.25) is 0 Å². The Labute approximate surface area is 120 Å². The lowest BCUT2D eigenvalue weighted by atomic mass is 10.2. The second-order valence-corrected chi connectivity index (χ2v) is 5.55. The van der Waals surface area contributed by atoms with Crippen LogP contribution in [-0.4, -0.2) is 18.9 Å². The van der Waals surface area contributed by atoms with Crippen molar-refractivity contribution >= 4 is 21.7 Å². The number of benzene rings is 1. The van der Waals surface area contributed by atoms with E-state index in [9.17, 15) is 26.0 Å². The first-order valence-electron chi connectivity index (χ1n) is 5.02. The van der Waals surface area contributed by atoms with E-state index in [0.29, 0.717) is 6.26 Å². The van der Waals surface area contributed by atoms with Crippen molar-refractivity contribution in [3.05, 3.63) is 35.3 Å². The lowest BCUT2D eigenvalue weighted by Crippen LogP contribution is -2.28. The Hall–Kier alpha value is -1.81. The minimum absolute atomic E-state index is 0.0381. The smallest absolute Gasteiger partial charge is 0.440 e. The SMILES string of the molecule is O=S(=O)(Oc1coc(-c2ccc(Cl)c(F)c2)n1)C(F)(F)F. The van der Waals surface area contributed by atoms with Crippen LogP contribution in [-0.2, 0) is 10.1 Å². The standard InChI is InChI=1S/C10H4ClF4NO4S/c11-6-2-1-5(3-7(6)12)9-16-8(4-19-9)20-21(17,18)10(13,14)15/h1-4H. The Morgan fingerprint density at radius 1 is 1.29 bits per heavy atom. The van der Waals surface area contributed by atoms with Crippen LogP contribution in [0.4, 0.5) is 17.6 Å². The number of aromatic nitrogens is 1. The molecular formula is C10H4ClF4NO4S. The van der Waals surface area contributed by atoms with Crippen molar-refractivity contribution in [2.24, 2.45) is 0 Å². The van der Waals surface area contributed by atoms with E-state index in [-0.39, 0.29) is 16.5 Å². The number of rotatable bonds is 3. The number of halogens is 5. The average Bonchev–Trinajstić information content (AvgIpc) is 2.79. The maximum atomic E-state index is 13.2. The van der Waals surface area contributed by atoms with Crippen LogP contribution in [0.2, 0.25) is 5.02 Å². The van der Waals surface area contributed by atoms with E-state index in [1.807, 2.05) is 0 Å². The van der Waals surface area contributed by atoms with Crippen LogP contribution in [0, 0.1) is 5.82 Å². The zero-order chi connectivity index (χ0) is 15.8. The number of oxazole rings is 1. The fourth-order valence-electron chi connectivity index (χ4n) is 1.22. The largest absolute Gasteiger partial charge is 0.534 e. The predicted octanol–water partition coefficient (Wildman–Crippen LogP) is 3.36. The molecular weight excluding hydrogens is 342 g/mol. The van der Waals surface area contributed by atoms with Gasteiger partial charge in [0.05, 0.1) is 5.02 Å². The van der Waals surface area contributed by atoms with Crippen LogP contribution in [0.5, 0.6) is 5.88 Å². The predicted molar refractivity (Wildman–Crippen MR) is 62.5 cm³/mol. The summed E-state index contributed by atoms with van der Waals surface area (Å²) < 4.78 is 79.5. The van der Waals surface area contributed by atoms with E-state index in [1.54, 1.807) is 0 Å². The quantitative estimate of drug-likeness (QED) is 0.484. The highest BCUT2D eigenvalue weighted by molar-refractivity contribution is 7.87. The lowest BCUT2D eigenvalue weighted by molar-refractivity contribution is -0.0501. The molecule has 2 aromatic rings. The minimum atomic E-state index is -5.85. The fraction of sp³-hybridized carbons (Fsp3) is 0.100. The van der Waals surface area contributed by atoms with E-state index in [1.165, 1.54) is 12.1 Å². The van der Waals surface area contributed by atoms with Gasteiger partial charge in [-0.1, -0.05) is 11.6 Å². The van der Waals surface area contributed by atoms with E-state index < -0.39 is 27.3 Å². The summed E-state index contributed by atoms with van der Waals surface area (Å²) in [6.07, 6.45) is 0.547. The molecule has 1 aromatic carbocycles. The van der Waals surface area contributed by atoms with Gasteiger partial charge in [0, 0.05) is 5.56 Å². The molecule has 0 aliphatic carbocycles. The molecule has 0 bridgehead atoms. The molecule has 0 unspecified atom stereocenters. The van der Waals surface area contributed by atoms with Crippen molar-refractivity contribution in [2.45, 2.75) is 5.51 Å². The molecule has 0 aliphatic heterocycles. The molecule has 0 spiro atoms. The van der Waals surface area contributed by atoms with E-state index in [4.69, 9.17) is 16.0 Å². The Bertz CT molecular complexity index is 772. The zero-order valence-electron chi connectivity index (χ0n) is 9.69. The summed E-state index contributed by atoms with van der Waals surface area (Å²) in [6, 6.07) is 3.36. The normalized spacial score (nSPS) is 12.4. The average molecular weight is 346 g/mol. The summed E-state index contributed by atoms with van der Waals surface area (Å²) in [5.74, 6) is -2.08. The van der Waals surface area contributed by atoms with Crippen molar-refractivity contribution < 1.29 is 34.6 Å². The van der Waals surface area contributed by atoms with Crippen LogP contribution in [0.3, 0.4) is 0 Å². The third-order valence-corrected chi connectivity index (χ3v) is 3.39. The number of alkyl halides is 3. The fourth-order valence-corrected chi connectivity index (χ4v) is 1.73. The van der Waals surface area contributed by atoms with Crippen molar-refractivity contribution in [1.29, 1.82) is 0 Å². The minimum Gasteiger partial charge on any atom is -0.440 e. The first-order chi connectivity index (χ1) is 9.60. The highest BCUT2D eigenvalue weighted by Gasteiger charge is 2.49. The summed E-state index contributed by atoms with van der Waals surface area (Å²) in [4.78, 5) is 3.37. The topological polar surface area (TPSA) is 69.4 Å². The highest BCUT2D eigenvalue weighted by Crippen LogP contribution is 2.29. The number of hydrogen-bond donors (Lipinski definition) is 0. The van der Waals surface area contributed by atoms with Crippen LogP contribution in [0.25, 0.3) is 11.5 Å². The second-order valence-electron chi connectivity index (χ2n) is 3.60. The van der Waals surface area contributed by atoms with Gasteiger partial charge in [-0.05, 0) is 18.2 Å². The van der Waals surface area contributed by atoms with Crippen LogP contribution < -0.4 is 4.18 Å². The third kappa shape index (κ3) is 3.27. The molecule has 21 heavy (non-hydrogen) atoms. The van der Waals surface area contributed by atoms with Crippen molar-refractivity contribution in [1.82, 2.24) is 4.98 Å². The second kappa shape index (κ2) is 5.19. The molecule has 0 saturated heterocycles. The summed E-state index contributed by atoms with van der Waals surface area (Å²) in [5, 5.41) is -0.179. The summed E-state index contributed by atoms with van der Waals surface area (Å²) in [5.41, 5.74) is -5.56. The van der Waals surface area contributed by atoms with Crippen molar-refractivity contribution in [3.63, 3.8) is 0 Å². The van der Waals surface area contributed by atoms with Crippen LogP contribution in [0.1, 0.15) is 0 Å². The Morgan fingerprint density at radius 3 is 2.52 bits per heavy atom.